The van der Waals surface area contributed by atoms with Crippen LogP contribution in [-0.4, -0.2) is 26.5 Å². The molecular formula is C27H25BrN2O3S. The maximum atomic E-state index is 13.6. The summed E-state index contributed by atoms with van der Waals surface area (Å²) in [6.07, 6.45) is 2.96. The number of hydrogen-bond donors (Lipinski definition) is 0. The van der Waals surface area contributed by atoms with Gasteiger partial charge >= 0.3 is 0 Å². The summed E-state index contributed by atoms with van der Waals surface area (Å²) in [6, 6.07) is 26.6. The predicted molar refractivity (Wildman–Crippen MR) is 137 cm³/mol. The molecule has 5 rings (SSSR count). The summed E-state index contributed by atoms with van der Waals surface area (Å²) in [5.41, 5.74) is 2.09. The van der Waals surface area contributed by atoms with E-state index in [0.29, 0.717) is 17.7 Å². The molecule has 1 aliphatic rings. The number of benzene rings is 3. The monoisotopic (exact) mass is 536 g/mol. The lowest BCUT2D eigenvalue weighted by Crippen LogP contribution is -2.34. The first-order chi connectivity index (χ1) is 16.5. The molecule has 0 N–H and O–H groups in total. The zero-order valence-electron chi connectivity index (χ0n) is 18.6. The van der Waals surface area contributed by atoms with Gasteiger partial charge in [0.2, 0.25) is 26.6 Å². The molecule has 0 atom stereocenters. The number of oxazole rings is 1. The first kappa shape index (κ1) is 22.9. The fourth-order valence-corrected chi connectivity index (χ4v) is 5.98. The number of rotatable bonds is 6. The van der Waals surface area contributed by atoms with Crippen LogP contribution in [0.1, 0.15) is 18.4 Å². The van der Waals surface area contributed by atoms with Crippen LogP contribution < -0.4 is 4.90 Å². The average molecular weight is 537 g/mol. The highest BCUT2D eigenvalue weighted by molar-refractivity contribution is 9.10. The van der Waals surface area contributed by atoms with Crippen LogP contribution in [0.25, 0.3) is 11.5 Å². The molecule has 5 nitrogen and oxygen atoms in total. The molecule has 34 heavy (non-hydrogen) atoms. The van der Waals surface area contributed by atoms with Crippen molar-refractivity contribution < 1.29 is 12.8 Å². The van der Waals surface area contributed by atoms with Crippen molar-refractivity contribution in [2.45, 2.75) is 29.2 Å². The van der Waals surface area contributed by atoms with Gasteiger partial charge in [-0.3, -0.25) is 0 Å². The second-order valence-electron chi connectivity index (χ2n) is 8.57. The summed E-state index contributed by atoms with van der Waals surface area (Å²) in [4.78, 5) is 6.74. The molecule has 0 unspecified atom stereocenters. The topological polar surface area (TPSA) is 63.4 Å². The summed E-state index contributed by atoms with van der Waals surface area (Å²) >= 11 is 3.37. The minimum absolute atomic E-state index is 0.0183. The van der Waals surface area contributed by atoms with Gasteiger partial charge in [0.15, 0.2) is 0 Å². The molecule has 1 aliphatic heterocycles. The smallest absolute Gasteiger partial charge is 0.236 e. The lowest BCUT2D eigenvalue weighted by Gasteiger charge is -2.32. The minimum Gasteiger partial charge on any atom is -0.419 e. The SMILES string of the molecule is O=S(=O)(c1ccc(Br)cc1)c1nc(-c2ccccc2)oc1N1CCC(Cc2ccccc2)CC1. The van der Waals surface area contributed by atoms with Crippen LogP contribution in [0.4, 0.5) is 5.88 Å². The Morgan fingerprint density at radius 1 is 0.882 bits per heavy atom. The van der Waals surface area contributed by atoms with Crippen LogP contribution in [0.3, 0.4) is 0 Å². The predicted octanol–water partition coefficient (Wildman–Crippen LogP) is 6.40. The van der Waals surface area contributed by atoms with Crippen LogP contribution in [0.2, 0.25) is 0 Å². The molecule has 174 valence electrons. The van der Waals surface area contributed by atoms with Gasteiger partial charge in [-0.05, 0) is 67.1 Å². The number of anilines is 1. The molecule has 3 aromatic carbocycles. The molecular weight excluding hydrogens is 512 g/mol. The largest absolute Gasteiger partial charge is 0.419 e. The Bertz CT molecular complexity index is 1350. The van der Waals surface area contributed by atoms with Gasteiger partial charge in [0, 0.05) is 23.1 Å². The van der Waals surface area contributed by atoms with Gasteiger partial charge in [-0.1, -0.05) is 64.5 Å². The maximum absolute atomic E-state index is 13.6. The highest BCUT2D eigenvalue weighted by Gasteiger charge is 2.33. The van der Waals surface area contributed by atoms with Crippen LogP contribution in [0, 0.1) is 5.92 Å². The van der Waals surface area contributed by atoms with Gasteiger partial charge in [0.05, 0.1) is 4.90 Å². The Kier molecular flexibility index (Phi) is 6.57. The number of piperidine rings is 1. The number of sulfone groups is 1. The third kappa shape index (κ3) is 4.81. The molecule has 7 heteroatoms. The average Bonchev–Trinajstić information content (AvgIpc) is 3.33. The van der Waals surface area contributed by atoms with Gasteiger partial charge in [-0.2, -0.15) is 4.98 Å². The molecule has 0 radical (unpaired) electrons. The van der Waals surface area contributed by atoms with Crippen molar-refractivity contribution in [1.82, 2.24) is 4.98 Å². The highest BCUT2D eigenvalue weighted by Crippen LogP contribution is 2.37. The normalized spacial score (nSPS) is 14.9. The van der Waals surface area contributed by atoms with E-state index in [-0.39, 0.29) is 9.92 Å². The lowest BCUT2D eigenvalue weighted by atomic mass is 9.90. The maximum Gasteiger partial charge on any atom is 0.236 e. The Balaban J connectivity index is 1.45. The van der Waals surface area contributed by atoms with E-state index in [0.717, 1.165) is 42.4 Å². The van der Waals surface area contributed by atoms with Crippen molar-refractivity contribution in [1.29, 1.82) is 0 Å². The lowest BCUT2D eigenvalue weighted by molar-refractivity contribution is 0.387. The van der Waals surface area contributed by atoms with Crippen molar-refractivity contribution in [2.24, 2.45) is 5.92 Å². The van der Waals surface area contributed by atoms with E-state index < -0.39 is 9.84 Å². The third-order valence-corrected chi connectivity index (χ3v) is 8.44. The Labute approximate surface area is 208 Å². The molecule has 0 saturated carbocycles. The Morgan fingerprint density at radius 3 is 2.15 bits per heavy atom. The van der Waals surface area contributed by atoms with E-state index in [4.69, 9.17) is 4.42 Å². The van der Waals surface area contributed by atoms with Gasteiger partial charge in [0.25, 0.3) is 0 Å². The minimum atomic E-state index is -3.85. The van der Waals surface area contributed by atoms with Crippen LogP contribution in [0.15, 0.2) is 104 Å². The van der Waals surface area contributed by atoms with Crippen LogP contribution in [-0.2, 0) is 16.3 Å². The number of nitrogens with zero attached hydrogens (tertiary/aromatic N) is 2. The molecule has 0 spiro atoms. The molecule has 2 heterocycles. The second kappa shape index (κ2) is 9.76. The van der Waals surface area contributed by atoms with E-state index in [9.17, 15) is 8.42 Å². The van der Waals surface area contributed by atoms with Crippen molar-refractivity contribution >= 4 is 31.7 Å². The van der Waals surface area contributed by atoms with Crippen molar-refractivity contribution in [3.63, 3.8) is 0 Å². The molecule has 0 amide bonds. The van der Waals surface area contributed by atoms with Crippen molar-refractivity contribution in [3.05, 3.63) is 95.0 Å². The summed E-state index contributed by atoms with van der Waals surface area (Å²) in [5, 5.41) is -0.0183. The van der Waals surface area contributed by atoms with Gasteiger partial charge in [-0.15, -0.1) is 0 Å². The van der Waals surface area contributed by atoms with Gasteiger partial charge < -0.3 is 9.32 Å². The fourth-order valence-electron chi connectivity index (χ4n) is 4.39. The van der Waals surface area contributed by atoms with Crippen molar-refractivity contribution in [2.75, 3.05) is 18.0 Å². The number of hydrogen-bond acceptors (Lipinski definition) is 5. The molecule has 1 fully saturated rings. The molecule has 0 aliphatic carbocycles. The zero-order chi connectivity index (χ0) is 23.5. The number of aromatic nitrogens is 1. The quantitative estimate of drug-likeness (QED) is 0.285. The van der Waals surface area contributed by atoms with Crippen LogP contribution in [0.5, 0.6) is 0 Å². The number of halogens is 1. The third-order valence-electron chi connectivity index (χ3n) is 6.25. The summed E-state index contributed by atoms with van der Waals surface area (Å²) in [5.74, 6) is 1.21. The zero-order valence-corrected chi connectivity index (χ0v) is 21.0. The molecule has 4 aromatic rings. The van der Waals surface area contributed by atoms with E-state index in [1.807, 2.05) is 41.3 Å². The summed E-state index contributed by atoms with van der Waals surface area (Å²) < 4.78 is 34.2. The van der Waals surface area contributed by atoms with E-state index in [1.165, 1.54) is 5.56 Å². The second-order valence-corrected chi connectivity index (χ2v) is 11.4. The van der Waals surface area contributed by atoms with E-state index >= 15 is 0 Å². The van der Waals surface area contributed by atoms with Crippen molar-refractivity contribution in [3.8, 4) is 11.5 Å². The van der Waals surface area contributed by atoms with Gasteiger partial charge in [0.1, 0.15) is 0 Å². The molecule has 1 saturated heterocycles. The standard InChI is InChI=1S/C27H25BrN2O3S/c28-23-11-13-24(14-12-23)34(31,32)26-27(33-25(29-26)22-9-5-2-6-10-22)30-17-15-21(16-18-30)19-20-7-3-1-4-8-20/h1-14,21H,15-19H2. The van der Waals surface area contributed by atoms with E-state index in [2.05, 4.69) is 45.2 Å². The first-order valence-corrected chi connectivity index (χ1v) is 13.6. The molecule has 1 aromatic heterocycles. The highest BCUT2D eigenvalue weighted by atomic mass is 79.9. The van der Waals surface area contributed by atoms with Gasteiger partial charge in [-0.25, -0.2) is 8.42 Å². The van der Waals surface area contributed by atoms with Crippen LogP contribution >= 0.6 is 15.9 Å². The summed E-state index contributed by atoms with van der Waals surface area (Å²) in [6.45, 7) is 1.45. The van der Waals surface area contributed by atoms with E-state index in [1.54, 1.807) is 24.3 Å². The first-order valence-electron chi connectivity index (χ1n) is 11.4. The fraction of sp³-hybridized carbons (Fsp3) is 0.222. The summed E-state index contributed by atoms with van der Waals surface area (Å²) in [7, 11) is -3.85. The molecule has 0 bridgehead atoms. The Hall–Kier alpha value is -2.90. The Morgan fingerprint density at radius 2 is 1.50 bits per heavy atom.